The molecule has 0 spiro atoms. The Morgan fingerprint density at radius 1 is 1.15 bits per heavy atom. The first-order valence-corrected chi connectivity index (χ1v) is 12.5. The molecule has 1 atom stereocenters. The van der Waals surface area contributed by atoms with Crippen LogP contribution < -0.4 is 4.72 Å². The van der Waals surface area contributed by atoms with Gasteiger partial charge in [-0.3, -0.25) is 0 Å². The quantitative estimate of drug-likeness (QED) is 0.468. The van der Waals surface area contributed by atoms with E-state index in [1.165, 1.54) is 6.20 Å². The fraction of sp³-hybridized carbons (Fsp3) is 0.400. The van der Waals surface area contributed by atoms with Crippen LogP contribution in [0.5, 0.6) is 0 Å². The van der Waals surface area contributed by atoms with Crippen LogP contribution in [0.4, 0.5) is 13.2 Å². The molecule has 5 nitrogen and oxygen atoms in total. The third kappa shape index (κ3) is 4.98. The Kier molecular flexibility index (Phi) is 6.03. The fourth-order valence-electron chi connectivity index (χ4n) is 4.14. The highest BCUT2D eigenvalue weighted by Crippen LogP contribution is 2.41. The number of nitrogens with one attached hydrogen (secondary N) is 1. The van der Waals surface area contributed by atoms with Crippen LogP contribution in [0, 0.1) is 16.7 Å². The molecule has 0 saturated heterocycles. The first kappa shape index (κ1) is 24.3. The van der Waals surface area contributed by atoms with E-state index >= 15 is 0 Å². The van der Waals surface area contributed by atoms with Gasteiger partial charge in [-0.1, -0.05) is 51.1 Å². The van der Waals surface area contributed by atoms with E-state index < -0.39 is 27.5 Å². The second-order valence-corrected chi connectivity index (χ2v) is 12.0. The molecule has 4 rings (SSSR count). The van der Waals surface area contributed by atoms with Crippen molar-refractivity contribution in [3.05, 3.63) is 59.8 Å². The standard InChI is InChI=1S/C25H26F3N3O2S/c1-24(2,3)15-31-14-21(23(25(26,27)28)30-34(32,33)18-9-10-18)20-11-8-16(12-22(20)31)19-7-5-4-6-17(19)13-29/h4-8,11-12,14,18,23,30H,9-10,15H2,1-3H3/t23-/m0/s1. The molecule has 0 amide bonds. The van der Waals surface area contributed by atoms with Gasteiger partial charge in [-0.15, -0.1) is 0 Å². The molecule has 2 aromatic carbocycles. The van der Waals surface area contributed by atoms with Gasteiger partial charge in [0, 0.05) is 29.2 Å². The third-order valence-corrected chi connectivity index (χ3v) is 7.71. The van der Waals surface area contributed by atoms with Crippen LogP contribution in [0.1, 0.15) is 50.8 Å². The van der Waals surface area contributed by atoms with Crippen LogP contribution in [0.3, 0.4) is 0 Å². The topological polar surface area (TPSA) is 74.9 Å². The molecule has 1 N–H and O–H groups in total. The Morgan fingerprint density at radius 3 is 2.41 bits per heavy atom. The molecule has 0 unspecified atom stereocenters. The first-order valence-electron chi connectivity index (χ1n) is 11.0. The molecule has 0 radical (unpaired) electrons. The van der Waals surface area contributed by atoms with Crippen molar-refractivity contribution in [1.82, 2.24) is 9.29 Å². The molecule has 180 valence electrons. The highest BCUT2D eigenvalue weighted by atomic mass is 32.2. The number of nitriles is 1. The summed E-state index contributed by atoms with van der Waals surface area (Å²) < 4.78 is 71.1. The first-order chi connectivity index (χ1) is 15.8. The lowest BCUT2D eigenvalue weighted by Gasteiger charge is -2.22. The fourth-order valence-corrected chi connectivity index (χ4v) is 5.68. The summed E-state index contributed by atoms with van der Waals surface area (Å²) in [4.78, 5) is 0. The van der Waals surface area contributed by atoms with Gasteiger partial charge >= 0.3 is 6.18 Å². The second-order valence-electron chi connectivity index (χ2n) is 10.00. The lowest BCUT2D eigenvalue weighted by Crippen LogP contribution is -2.39. The molecule has 0 bridgehead atoms. The van der Waals surface area contributed by atoms with Crippen molar-refractivity contribution >= 4 is 20.9 Å². The van der Waals surface area contributed by atoms with Crippen LogP contribution in [-0.4, -0.2) is 24.4 Å². The van der Waals surface area contributed by atoms with Gasteiger partial charge in [-0.2, -0.15) is 23.2 Å². The molecule has 3 aromatic rings. The molecule has 1 aromatic heterocycles. The number of hydrogen-bond acceptors (Lipinski definition) is 3. The van der Waals surface area contributed by atoms with E-state index in [0.717, 1.165) is 0 Å². The normalized spacial score (nSPS) is 15.9. The second kappa shape index (κ2) is 8.43. The predicted octanol–water partition coefficient (Wildman–Crippen LogP) is 5.91. The van der Waals surface area contributed by atoms with Crippen LogP contribution in [0.2, 0.25) is 0 Å². The third-order valence-electron chi connectivity index (χ3n) is 5.80. The number of benzene rings is 2. The van der Waals surface area contributed by atoms with Gasteiger partial charge in [-0.05, 0) is 41.5 Å². The Bertz CT molecular complexity index is 1380. The van der Waals surface area contributed by atoms with E-state index in [2.05, 4.69) is 6.07 Å². The summed E-state index contributed by atoms with van der Waals surface area (Å²) in [5.74, 6) is 0. The number of rotatable bonds is 6. The SMILES string of the molecule is CC(C)(C)Cn1cc([C@H](NS(=O)(=O)C2CC2)C(F)(F)F)c2ccc(-c3ccccc3C#N)cc21. The lowest BCUT2D eigenvalue weighted by atomic mass is 9.96. The van der Waals surface area contributed by atoms with Crippen molar-refractivity contribution in [2.45, 2.75) is 57.6 Å². The average Bonchev–Trinajstić information content (AvgIpc) is 3.55. The van der Waals surface area contributed by atoms with Crippen molar-refractivity contribution in [2.24, 2.45) is 5.41 Å². The lowest BCUT2D eigenvalue weighted by molar-refractivity contribution is -0.152. The molecule has 34 heavy (non-hydrogen) atoms. The maximum absolute atomic E-state index is 14.2. The number of aromatic nitrogens is 1. The number of alkyl halides is 3. The molecule has 9 heteroatoms. The maximum Gasteiger partial charge on any atom is 0.408 e. The van der Waals surface area contributed by atoms with E-state index in [1.54, 1.807) is 47.0 Å². The van der Waals surface area contributed by atoms with Crippen molar-refractivity contribution in [3.8, 4) is 17.2 Å². The van der Waals surface area contributed by atoms with Crippen molar-refractivity contribution in [2.75, 3.05) is 0 Å². The molecular formula is C25H26F3N3O2S. The number of hydrogen-bond donors (Lipinski definition) is 1. The molecule has 1 fully saturated rings. The number of fused-ring (bicyclic) bond motifs is 1. The van der Waals surface area contributed by atoms with Crippen LogP contribution in [0.15, 0.2) is 48.7 Å². The van der Waals surface area contributed by atoms with Gasteiger partial charge in [0.05, 0.1) is 16.9 Å². The van der Waals surface area contributed by atoms with Gasteiger partial charge in [0.25, 0.3) is 0 Å². The smallest absolute Gasteiger partial charge is 0.347 e. The van der Waals surface area contributed by atoms with Crippen LogP contribution in [0.25, 0.3) is 22.0 Å². The molecule has 1 aliphatic rings. The molecular weight excluding hydrogens is 463 g/mol. The summed E-state index contributed by atoms with van der Waals surface area (Å²) in [5, 5.41) is 9.03. The summed E-state index contributed by atoms with van der Waals surface area (Å²) in [5.41, 5.74) is 2.02. The number of halogens is 3. The van der Waals surface area contributed by atoms with Gasteiger partial charge in [-0.25, -0.2) is 8.42 Å². The minimum absolute atomic E-state index is 0.129. The van der Waals surface area contributed by atoms with Crippen LogP contribution in [-0.2, 0) is 16.6 Å². The largest absolute Gasteiger partial charge is 0.408 e. The minimum atomic E-state index is -4.81. The van der Waals surface area contributed by atoms with E-state index in [0.29, 0.717) is 47.0 Å². The number of nitrogens with zero attached hydrogens (tertiary/aromatic N) is 2. The van der Waals surface area contributed by atoms with Crippen molar-refractivity contribution in [3.63, 3.8) is 0 Å². The van der Waals surface area contributed by atoms with Crippen molar-refractivity contribution in [1.29, 1.82) is 5.26 Å². The van der Waals surface area contributed by atoms with Gasteiger partial charge < -0.3 is 4.57 Å². The molecule has 1 saturated carbocycles. The Hall–Kier alpha value is -2.83. The Balaban J connectivity index is 1.90. The summed E-state index contributed by atoms with van der Waals surface area (Å²) in [7, 11) is -4.09. The monoisotopic (exact) mass is 489 g/mol. The average molecular weight is 490 g/mol. The summed E-state index contributed by atoms with van der Waals surface area (Å²) in [6.45, 7) is 6.35. The van der Waals surface area contributed by atoms with E-state index in [1.807, 2.05) is 25.5 Å². The van der Waals surface area contributed by atoms with Gasteiger partial charge in [0.15, 0.2) is 0 Å². The molecule has 1 heterocycles. The minimum Gasteiger partial charge on any atom is -0.347 e. The zero-order valence-electron chi connectivity index (χ0n) is 19.1. The number of sulfonamides is 1. The highest BCUT2D eigenvalue weighted by molar-refractivity contribution is 7.90. The summed E-state index contributed by atoms with van der Waals surface area (Å²) >= 11 is 0. The predicted molar refractivity (Wildman–Crippen MR) is 125 cm³/mol. The van der Waals surface area contributed by atoms with Crippen molar-refractivity contribution < 1.29 is 21.6 Å². The molecule has 1 aliphatic carbocycles. The van der Waals surface area contributed by atoms with Gasteiger partial charge in [0.1, 0.15) is 6.04 Å². The Labute approximate surface area is 197 Å². The summed E-state index contributed by atoms with van der Waals surface area (Å²) in [6, 6.07) is 11.8. The van der Waals surface area contributed by atoms with Crippen LogP contribution >= 0.6 is 0 Å². The highest BCUT2D eigenvalue weighted by Gasteiger charge is 2.47. The van der Waals surface area contributed by atoms with E-state index in [-0.39, 0.29) is 11.0 Å². The van der Waals surface area contributed by atoms with E-state index in [9.17, 15) is 26.9 Å². The molecule has 0 aliphatic heterocycles. The van der Waals surface area contributed by atoms with Gasteiger partial charge in [0.2, 0.25) is 10.0 Å². The zero-order chi connectivity index (χ0) is 24.9. The zero-order valence-corrected chi connectivity index (χ0v) is 20.0. The Morgan fingerprint density at radius 2 is 1.82 bits per heavy atom. The summed E-state index contributed by atoms with van der Waals surface area (Å²) in [6.07, 6.45) is -2.67. The maximum atomic E-state index is 14.2. The van der Waals surface area contributed by atoms with E-state index in [4.69, 9.17) is 0 Å².